The summed E-state index contributed by atoms with van der Waals surface area (Å²) < 4.78 is 12.0. The molecule has 0 saturated carbocycles. The van der Waals surface area contributed by atoms with Crippen molar-refractivity contribution >= 4 is 23.2 Å². The maximum absolute atomic E-state index is 12.0. The molecule has 13 heavy (non-hydrogen) atoms. The van der Waals surface area contributed by atoms with Crippen LogP contribution in [0.2, 0.25) is 0 Å². The first kappa shape index (κ1) is 10.4. The van der Waals surface area contributed by atoms with E-state index in [2.05, 4.69) is 5.32 Å². The van der Waals surface area contributed by atoms with E-state index in [9.17, 15) is 9.18 Å². The SMILES string of the molecule is CC(C)[C@H]1NC(=S)N(CCF)C1=O. The van der Waals surface area contributed by atoms with E-state index < -0.39 is 6.67 Å². The van der Waals surface area contributed by atoms with Gasteiger partial charge in [0.1, 0.15) is 12.7 Å². The van der Waals surface area contributed by atoms with Crippen molar-refractivity contribution in [2.45, 2.75) is 19.9 Å². The Morgan fingerprint density at radius 1 is 1.69 bits per heavy atom. The maximum atomic E-state index is 12.0. The highest BCUT2D eigenvalue weighted by Gasteiger charge is 2.36. The third-order valence-electron chi connectivity index (χ3n) is 2.03. The zero-order valence-corrected chi connectivity index (χ0v) is 8.53. The zero-order chi connectivity index (χ0) is 10.0. The van der Waals surface area contributed by atoms with Crippen LogP contribution in [0, 0.1) is 5.92 Å². The highest BCUT2D eigenvalue weighted by atomic mass is 32.1. The number of amides is 1. The van der Waals surface area contributed by atoms with Crippen molar-refractivity contribution in [2.24, 2.45) is 5.92 Å². The zero-order valence-electron chi connectivity index (χ0n) is 7.71. The van der Waals surface area contributed by atoms with Gasteiger partial charge in [0.05, 0.1) is 6.54 Å². The molecule has 1 amide bonds. The number of hydrogen-bond donors (Lipinski definition) is 1. The lowest BCUT2D eigenvalue weighted by molar-refractivity contribution is -0.128. The number of nitrogens with zero attached hydrogens (tertiary/aromatic N) is 1. The van der Waals surface area contributed by atoms with Crippen molar-refractivity contribution in [3.05, 3.63) is 0 Å². The lowest BCUT2D eigenvalue weighted by Crippen LogP contribution is -2.35. The molecule has 0 radical (unpaired) electrons. The molecule has 0 aromatic rings. The average Bonchev–Trinajstić information content (AvgIpc) is 2.32. The fourth-order valence-electron chi connectivity index (χ4n) is 1.29. The quantitative estimate of drug-likeness (QED) is 0.687. The molecule has 0 aliphatic carbocycles. The normalized spacial score (nSPS) is 22.8. The summed E-state index contributed by atoms with van der Waals surface area (Å²) in [5, 5.41) is 3.23. The van der Waals surface area contributed by atoms with Crippen LogP contribution in [0.5, 0.6) is 0 Å². The molecule has 1 fully saturated rings. The van der Waals surface area contributed by atoms with Crippen LogP contribution >= 0.6 is 12.2 Å². The second kappa shape index (κ2) is 4.00. The lowest BCUT2D eigenvalue weighted by atomic mass is 10.1. The molecule has 1 heterocycles. The number of carbonyl (C=O) groups is 1. The third kappa shape index (κ3) is 1.96. The van der Waals surface area contributed by atoms with Crippen LogP contribution in [0.1, 0.15) is 13.8 Å². The van der Waals surface area contributed by atoms with Crippen LogP contribution < -0.4 is 5.32 Å². The van der Waals surface area contributed by atoms with Crippen molar-refractivity contribution in [2.75, 3.05) is 13.2 Å². The number of alkyl halides is 1. The molecule has 1 aliphatic heterocycles. The fourth-order valence-corrected chi connectivity index (χ4v) is 1.60. The highest BCUT2D eigenvalue weighted by Crippen LogP contribution is 2.13. The Kier molecular flexibility index (Phi) is 3.19. The number of halogens is 1. The molecular formula is C8H13FN2OS. The van der Waals surface area contributed by atoms with Gasteiger partial charge in [-0.15, -0.1) is 0 Å². The molecule has 1 rings (SSSR count). The monoisotopic (exact) mass is 204 g/mol. The Balaban J connectivity index is 2.69. The van der Waals surface area contributed by atoms with E-state index in [0.29, 0.717) is 5.11 Å². The molecule has 5 heteroatoms. The van der Waals surface area contributed by atoms with Crippen molar-refractivity contribution in [3.63, 3.8) is 0 Å². The van der Waals surface area contributed by atoms with Crippen molar-refractivity contribution in [1.82, 2.24) is 10.2 Å². The van der Waals surface area contributed by atoms with Gasteiger partial charge in [-0.25, -0.2) is 4.39 Å². The fraction of sp³-hybridized carbons (Fsp3) is 0.750. The highest BCUT2D eigenvalue weighted by molar-refractivity contribution is 7.80. The summed E-state index contributed by atoms with van der Waals surface area (Å²) in [5.41, 5.74) is 0. The molecule has 0 aromatic carbocycles. The first-order valence-electron chi connectivity index (χ1n) is 4.25. The van der Waals surface area contributed by atoms with Crippen molar-refractivity contribution in [1.29, 1.82) is 0 Å². The molecule has 1 N–H and O–H groups in total. The molecule has 0 aromatic heterocycles. The van der Waals surface area contributed by atoms with Crippen LogP contribution in [-0.2, 0) is 4.79 Å². The Labute approximate surface area is 82.3 Å². The molecule has 0 unspecified atom stereocenters. The Bertz CT molecular complexity index is 232. The molecule has 3 nitrogen and oxygen atoms in total. The predicted octanol–water partition coefficient (Wildman–Crippen LogP) is 0.697. The number of nitrogens with one attached hydrogen (secondary N) is 1. The molecule has 0 spiro atoms. The number of thiocarbonyl (C=S) groups is 1. The van der Waals surface area contributed by atoms with Crippen LogP contribution in [-0.4, -0.2) is 35.2 Å². The van der Waals surface area contributed by atoms with Gasteiger partial charge in [-0.3, -0.25) is 9.69 Å². The summed E-state index contributed by atoms with van der Waals surface area (Å²) in [6, 6.07) is -0.279. The minimum atomic E-state index is -0.557. The van der Waals surface area contributed by atoms with E-state index in [4.69, 9.17) is 12.2 Å². The maximum Gasteiger partial charge on any atom is 0.251 e. The van der Waals surface area contributed by atoms with E-state index in [1.807, 2.05) is 13.8 Å². The van der Waals surface area contributed by atoms with Crippen LogP contribution in [0.25, 0.3) is 0 Å². The largest absolute Gasteiger partial charge is 0.350 e. The first-order chi connectivity index (χ1) is 6.07. The third-order valence-corrected chi connectivity index (χ3v) is 2.37. The van der Waals surface area contributed by atoms with Crippen LogP contribution in [0.3, 0.4) is 0 Å². The molecular weight excluding hydrogens is 191 g/mol. The van der Waals surface area contributed by atoms with Gasteiger partial charge in [-0.05, 0) is 18.1 Å². The smallest absolute Gasteiger partial charge is 0.251 e. The van der Waals surface area contributed by atoms with Gasteiger partial charge in [-0.2, -0.15) is 0 Å². The van der Waals surface area contributed by atoms with E-state index in [1.165, 1.54) is 4.90 Å². The van der Waals surface area contributed by atoms with Crippen molar-refractivity contribution < 1.29 is 9.18 Å². The molecule has 1 saturated heterocycles. The number of hydrogen-bond acceptors (Lipinski definition) is 2. The Hall–Kier alpha value is -0.710. The Morgan fingerprint density at radius 2 is 2.31 bits per heavy atom. The van der Waals surface area contributed by atoms with Gasteiger partial charge >= 0.3 is 0 Å². The van der Waals surface area contributed by atoms with Crippen LogP contribution in [0.15, 0.2) is 0 Å². The minimum absolute atomic E-state index is 0.0634. The Morgan fingerprint density at radius 3 is 2.69 bits per heavy atom. The van der Waals surface area contributed by atoms with Gasteiger partial charge in [0.25, 0.3) is 5.91 Å². The molecule has 74 valence electrons. The van der Waals surface area contributed by atoms with E-state index in [-0.39, 0.29) is 24.4 Å². The van der Waals surface area contributed by atoms with Gasteiger partial charge in [-0.1, -0.05) is 13.8 Å². The lowest BCUT2D eigenvalue weighted by Gasteiger charge is -2.13. The van der Waals surface area contributed by atoms with E-state index >= 15 is 0 Å². The van der Waals surface area contributed by atoms with E-state index in [0.717, 1.165) is 0 Å². The van der Waals surface area contributed by atoms with Crippen LogP contribution in [0.4, 0.5) is 4.39 Å². The summed E-state index contributed by atoms with van der Waals surface area (Å²) in [4.78, 5) is 12.8. The second-order valence-electron chi connectivity index (χ2n) is 3.35. The summed E-state index contributed by atoms with van der Waals surface area (Å²) in [7, 11) is 0. The van der Waals surface area contributed by atoms with Gasteiger partial charge in [0.15, 0.2) is 5.11 Å². The molecule has 1 aliphatic rings. The van der Waals surface area contributed by atoms with Gasteiger partial charge in [0.2, 0.25) is 0 Å². The summed E-state index contributed by atoms with van der Waals surface area (Å²) >= 11 is 4.91. The van der Waals surface area contributed by atoms with E-state index in [1.54, 1.807) is 0 Å². The second-order valence-corrected chi connectivity index (χ2v) is 3.74. The minimum Gasteiger partial charge on any atom is -0.350 e. The first-order valence-corrected chi connectivity index (χ1v) is 4.66. The predicted molar refractivity (Wildman–Crippen MR) is 52.0 cm³/mol. The molecule has 1 atom stereocenters. The topological polar surface area (TPSA) is 32.3 Å². The van der Waals surface area contributed by atoms with Crippen molar-refractivity contribution in [3.8, 4) is 0 Å². The average molecular weight is 204 g/mol. The number of carbonyl (C=O) groups excluding carboxylic acids is 1. The standard InChI is InChI=1S/C8H13FN2OS/c1-5(2)6-7(12)11(4-3-9)8(13)10-6/h5-6H,3-4H2,1-2H3,(H,10,13)/t6-/m1/s1. The summed E-state index contributed by atoms with van der Waals surface area (Å²) in [6.07, 6.45) is 0. The summed E-state index contributed by atoms with van der Waals surface area (Å²) in [5.74, 6) is 0.0627. The molecule has 0 bridgehead atoms. The number of rotatable bonds is 3. The summed E-state index contributed by atoms with van der Waals surface area (Å²) in [6.45, 7) is 3.36. The van der Waals surface area contributed by atoms with Gasteiger partial charge in [0, 0.05) is 0 Å². The van der Waals surface area contributed by atoms with Gasteiger partial charge < -0.3 is 5.32 Å².